The Balaban J connectivity index is 2.14. The highest BCUT2D eigenvalue weighted by Gasteiger charge is 2.20. The van der Waals surface area contributed by atoms with E-state index in [2.05, 4.69) is 29.4 Å². The van der Waals surface area contributed by atoms with E-state index >= 15 is 0 Å². The second-order valence-corrected chi connectivity index (χ2v) is 7.27. The molecule has 1 heterocycles. The zero-order valence-electron chi connectivity index (χ0n) is 14.7. The molecule has 0 saturated carbocycles. The maximum Gasteiger partial charge on any atom is 0.233 e. The summed E-state index contributed by atoms with van der Waals surface area (Å²) in [6.07, 6.45) is 0. The lowest BCUT2D eigenvalue weighted by Crippen LogP contribution is -2.33. The number of nitrogens with one attached hydrogen (secondary N) is 1. The van der Waals surface area contributed by atoms with E-state index in [9.17, 15) is 4.79 Å². The molecule has 0 radical (unpaired) electrons. The first kappa shape index (κ1) is 18.3. The molecule has 1 N–H and O–H groups in total. The third-order valence-electron chi connectivity index (χ3n) is 3.52. The van der Waals surface area contributed by atoms with Gasteiger partial charge in [-0.15, -0.1) is 10.2 Å². The molecule has 1 atom stereocenters. The first-order valence-electron chi connectivity index (χ1n) is 7.91. The predicted molar refractivity (Wildman–Crippen MR) is 96.2 cm³/mol. The normalized spacial score (nSPS) is 12.2. The molecule has 0 bridgehead atoms. The summed E-state index contributed by atoms with van der Waals surface area (Å²) in [5, 5.41) is 11.9. The average Bonchev–Trinajstić information content (AvgIpc) is 2.93. The highest BCUT2D eigenvalue weighted by Crippen LogP contribution is 2.31. The molecular formula is C17H24N4O2S. The predicted octanol–water partition coefficient (Wildman–Crippen LogP) is 2.74. The summed E-state index contributed by atoms with van der Waals surface area (Å²) in [6.45, 7) is 6.69. The minimum absolute atomic E-state index is 0.00976. The molecule has 1 aromatic heterocycles. The molecule has 0 saturated heterocycles. The molecule has 1 amide bonds. The van der Waals surface area contributed by atoms with Gasteiger partial charge in [0.05, 0.1) is 17.9 Å². The Labute approximate surface area is 147 Å². The Bertz CT molecular complexity index is 700. The van der Waals surface area contributed by atoms with Crippen molar-refractivity contribution in [1.29, 1.82) is 0 Å². The van der Waals surface area contributed by atoms with Gasteiger partial charge in [0.25, 0.3) is 0 Å². The number of aromatic nitrogens is 3. The van der Waals surface area contributed by atoms with Crippen molar-refractivity contribution in [3.8, 4) is 17.1 Å². The number of hydrogen-bond acceptors (Lipinski definition) is 5. The van der Waals surface area contributed by atoms with Gasteiger partial charge in [-0.3, -0.25) is 4.79 Å². The minimum Gasteiger partial charge on any atom is -0.496 e. The van der Waals surface area contributed by atoms with Crippen molar-refractivity contribution in [2.45, 2.75) is 31.2 Å². The molecule has 0 aliphatic rings. The van der Waals surface area contributed by atoms with Gasteiger partial charge in [-0.1, -0.05) is 37.7 Å². The lowest BCUT2D eigenvalue weighted by Gasteiger charge is -2.13. The fraction of sp³-hybridized carbons (Fsp3) is 0.471. The van der Waals surface area contributed by atoms with Crippen LogP contribution < -0.4 is 10.1 Å². The second kappa shape index (κ2) is 8.19. The van der Waals surface area contributed by atoms with Gasteiger partial charge in [-0.2, -0.15) is 0 Å². The maximum absolute atomic E-state index is 12.1. The SMILES string of the molecule is COc1ccccc1-c1nnc(S[C@H](C)C(=O)NCC(C)C)n1C. The largest absolute Gasteiger partial charge is 0.496 e. The van der Waals surface area contributed by atoms with E-state index in [1.165, 1.54) is 11.8 Å². The fourth-order valence-electron chi connectivity index (χ4n) is 2.14. The standard InChI is InChI=1S/C17H24N4O2S/c1-11(2)10-18-16(22)12(3)24-17-20-19-15(21(17)4)13-8-6-7-9-14(13)23-5/h6-9,11-12H,10H2,1-5H3,(H,18,22)/t12-/m1/s1. The number of carbonyl (C=O) groups excluding carboxylic acids is 1. The molecule has 130 valence electrons. The van der Waals surface area contributed by atoms with Crippen LogP contribution in [0.2, 0.25) is 0 Å². The van der Waals surface area contributed by atoms with Crippen molar-refractivity contribution in [3.05, 3.63) is 24.3 Å². The summed E-state index contributed by atoms with van der Waals surface area (Å²) in [6, 6.07) is 7.67. The van der Waals surface area contributed by atoms with Crippen LogP contribution in [0.4, 0.5) is 0 Å². The number of nitrogens with zero attached hydrogens (tertiary/aromatic N) is 3. The van der Waals surface area contributed by atoms with Gasteiger partial charge in [0, 0.05) is 13.6 Å². The van der Waals surface area contributed by atoms with Crippen LogP contribution >= 0.6 is 11.8 Å². The number of methoxy groups -OCH3 is 1. The summed E-state index contributed by atoms with van der Waals surface area (Å²) in [4.78, 5) is 12.1. The first-order valence-corrected chi connectivity index (χ1v) is 8.79. The highest BCUT2D eigenvalue weighted by atomic mass is 32.2. The molecule has 0 aliphatic heterocycles. The van der Waals surface area contributed by atoms with Gasteiger partial charge in [0.15, 0.2) is 11.0 Å². The average molecular weight is 348 g/mol. The van der Waals surface area contributed by atoms with Crippen LogP contribution in [0, 0.1) is 5.92 Å². The third-order valence-corrected chi connectivity index (χ3v) is 4.65. The molecule has 24 heavy (non-hydrogen) atoms. The van der Waals surface area contributed by atoms with Crippen molar-refractivity contribution in [2.75, 3.05) is 13.7 Å². The molecule has 6 nitrogen and oxygen atoms in total. The Morgan fingerprint density at radius 2 is 2.00 bits per heavy atom. The number of carbonyl (C=O) groups is 1. The Morgan fingerprint density at radius 1 is 1.29 bits per heavy atom. The molecule has 7 heteroatoms. The Morgan fingerprint density at radius 3 is 2.67 bits per heavy atom. The van der Waals surface area contributed by atoms with Gasteiger partial charge < -0.3 is 14.6 Å². The molecule has 1 aromatic carbocycles. The maximum atomic E-state index is 12.1. The Kier molecular flexibility index (Phi) is 6.25. The second-order valence-electron chi connectivity index (χ2n) is 5.96. The minimum atomic E-state index is -0.239. The van der Waals surface area contributed by atoms with E-state index in [4.69, 9.17) is 4.74 Å². The fourth-order valence-corrected chi connectivity index (χ4v) is 2.98. The molecule has 0 unspecified atom stereocenters. The van der Waals surface area contributed by atoms with Gasteiger partial charge >= 0.3 is 0 Å². The molecule has 2 rings (SSSR count). The lowest BCUT2D eigenvalue weighted by molar-refractivity contribution is -0.120. The van der Waals surface area contributed by atoms with E-state index in [-0.39, 0.29) is 11.2 Å². The van der Waals surface area contributed by atoms with Crippen LogP contribution in [0.25, 0.3) is 11.4 Å². The van der Waals surface area contributed by atoms with Gasteiger partial charge in [0.1, 0.15) is 5.75 Å². The van der Waals surface area contributed by atoms with Crippen LogP contribution in [0.1, 0.15) is 20.8 Å². The number of benzene rings is 1. The van der Waals surface area contributed by atoms with Crippen LogP contribution in [0.15, 0.2) is 29.4 Å². The van der Waals surface area contributed by atoms with E-state index in [1.807, 2.05) is 42.8 Å². The van der Waals surface area contributed by atoms with Crippen LogP contribution in [0.5, 0.6) is 5.75 Å². The summed E-state index contributed by atoms with van der Waals surface area (Å²) >= 11 is 1.40. The van der Waals surface area contributed by atoms with Crippen molar-refractivity contribution in [2.24, 2.45) is 13.0 Å². The molecule has 0 spiro atoms. The van der Waals surface area contributed by atoms with E-state index < -0.39 is 0 Å². The van der Waals surface area contributed by atoms with E-state index in [0.29, 0.717) is 23.4 Å². The van der Waals surface area contributed by atoms with Gasteiger partial charge in [0.2, 0.25) is 5.91 Å². The third kappa shape index (κ3) is 4.29. The first-order chi connectivity index (χ1) is 11.4. The van der Waals surface area contributed by atoms with Gasteiger partial charge in [-0.25, -0.2) is 0 Å². The number of rotatable bonds is 7. The number of amides is 1. The van der Waals surface area contributed by atoms with Crippen molar-refractivity contribution < 1.29 is 9.53 Å². The summed E-state index contributed by atoms with van der Waals surface area (Å²) in [5.74, 6) is 1.89. The monoisotopic (exact) mass is 348 g/mol. The summed E-state index contributed by atoms with van der Waals surface area (Å²) in [7, 11) is 3.52. The smallest absolute Gasteiger partial charge is 0.233 e. The molecule has 0 fully saturated rings. The number of ether oxygens (including phenoxy) is 1. The van der Waals surface area contributed by atoms with Crippen LogP contribution in [0.3, 0.4) is 0 Å². The van der Waals surface area contributed by atoms with E-state index in [1.54, 1.807) is 7.11 Å². The highest BCUT2D eigenvalue weighted by molar-refractivity contribution is 8.00. The molecule has 2 aromatic rings. The summed E-state index contributed by atoms with van der Waals surface area (Å²) < 4.78 is 7.27. The van der Waals surface area contributed by atoms with Crippen LogP contribution in [-0.2, 0) is 11.8 Å². The topological polar surface area (TPSA) is 69.0 Å². The van der Waals surface area contributed by atoms with Crippen molar-refractivity contribution in [3.63, 3.8) is 0 Å². The summed E-state index contributed by atoms with van der Waals surface area (Å²) in [5.41, 5.74) is 0.874. The number of thioether (sulfide) groups is 1. The number of hydrogen-bond donors (Lipinski definition) is 1. The van der Waals surface area contributed by atoms with Crippen molar-refractivity contribution >= 4 is 17.7 Å². The van der Waals surface area contributed by atoms with Gasteiger partial charge in [-0.05, 0) is 25.0 Å². The quantitative estimate of drug-likeness (QED) is 0.779. The van der Waals surface area contributed by atoms with Crippen LogP contribution in [-0.4, -0.2) is 39.6 Å². The van der Waals surface area contributed by atoms with Crippen molar-refractivity contribution in [1.82, 2.24) is 20.1 Å². The number of para-hydroxylation sites is 1. The molecule has 0 aliphatic carbocycles. The van der Waals surface area contributed by atoms with E-state index in [0.717, 1.165) is 11.3 Å². The lowest BCUT2D eigenvalue weighted by atomic mass is 10.2. The zero-order valence-corrected chi connectivity index (χ0v) is 15.6. The molecular weight excluding hydrogens is 324 g/mol. The zero-order chi connectivity index (χ0) is 17.7. The Hall–Kier alpha value is -2.02.